The molecular formula is C16H21F3N2O3. The lowest BCUT2D eigenvalue weighted by atomic mass is 9.84. The monoisotopic (exact) mass is 346 g/mol. The molecule has 0 aromatic heterocycles. The molecule has 24 heavy (non-hydrogen) atoms. The zero-order chi connectivity index (χ0) is 18.4. The first-order valence-electron chi connectivity index (χ1n) is 7.43. The standard InChI is InChI=1S/C16H21F3N2O3/c1-15(2,10-21-14(24)20-9-3-4-13(22)23)11-5-7-12(8-6-11)16(17,18)19/h5-8H,3-4,9-10H2,1-2H3,(H,22,23)(H2,20,21,24). The minimum absolute atomic E-state index is 0.0304. The van der Waals surface area contributed by atoms with Crippen LogP contribution in [-0.2, 0) is 16.4 Å². The molecule has 1 aromatic rings. The van der Waals surface area contributed by atoms with Gasteiger partial charge in [-0.25, -0.2) is 4.79 Å². The van der Waals surface area contributed by atoms with Gasteiger partial charge in [0.05, 0.1) is 5.56 Å². The number of urea groups is 1. The predicted octanol–water partition coefficient (Wildman–Crippen LogP) is 3.15. The fraction of sp³-hybridized carbons (Fsp3) is 0.500. The summed E-state index contributed by atoms with van der Waals surface area (Å²) in [5.74, 6) is -0.930. The van der Waals surface area contributed by atoms with Gasteiger partial charge in [0.1, 0.15) is 0 Å². The molecule has 0 radical (unpaired) electrons. The van der Waals surface area contributed by atoms with Crippen LogP contribution in [0.1, 0.15) is 37.8 Å². The second kappa shape index (κ2) is 8.03. The molecule has 0 spiro atoms. The fourth-order valence-electron chi connectivity index (χ4n) is 2.02. The van der Waals surface area contributed by atoms with Crippen LogP contribution in [0.5, 0.6) is 0 Å². The number of carbonyl (C=O) groups is 2. The summed E-state index contributed by atoms with van der Waals surface area (Å²) in [5.41, 5.74) is -0.601. The molecular weight excluding hydrogens is 325 g/mol. The second-order valence-corrected chi connectivity index (χ2v) is 6.07. The van der Waals surface area contributed by atoms with Crippen molar-refractivity contribution in [2.45, 2.75) is 38.3 Å². The summed E-state index contributed by atoms with van der Waals surface area (Å²) in [6.07, 6.45) is -4.08. The summed E-state index contributed by atoms with van der Waals surface area (Å²) in [6.45, 7) is 4.07. The van der Waals surface area contributed by atoms with Gasteiger partial charge >= 0.3 is 18.2 Å². The molecule has 3 N–H and O–H groups in total. The summed E-state index contributed by atoms with van der Waals surface area (Å²) in [5, 5.41) is 13.6. The Bertz CT molecular complexity index is 569. The normalized spacial score (nSPS) is 11.9. The minimum Gasteiger partial charge on any atom is -0.481 e. The van der Waals surface area contributed by atoms with Crippen LogP contribution in [-0.4, -0.2) is 30.2 Å². The summed E-state index contributed by atoms with van der Waals surface area (Å²) in [4.78, 5) is 22.0. The number of benzene rings is 1. The highest BCUT2D eigenvalue weighted by Crippen LogP contribution is 2.31. The highest BCUT2D eigenvalue weighted by atomic mass is 19.4. The Morgan fingerprint density at radius 1 is 1.04 bits per heavy atom. The molecule has 0 aliphatic rings. The molecule has 0 heterocycles. The maximum atomic E-state index is 12.6. The van der Waals surface area contributed by atoms with E-state index < -0.39 is 29.2 Å². The number of hydrogen-bond donors (Lipinski definition) is 3. The van der Waals surface area contributed by atoms with Crippen molar-refractivity contribution < 1.29 is 27.9 Å². The Balaban J connectivity index is 2.51. The van der Waals surface area contributed by atoms with E-state index in [1.807, 2.05) is 0 Å². The van der Waals surface area contributed by atoms with Crippen LogP contribution in [0.25, 0.3) is 0 Å². The molecule has 1 aromatic carbocycles. The van der Waals surface area contributed by atoms with Crippen molar-refractivity contribution in [3.05, 3.63) is 35.4 Å². The van der Waals surface area contributed by atoms with E-state index in [1.54, 1.807) is 13.8 Å². The van der Waals surface area contributed by atoms with E-state index >= 15 is 0 Å². The SMILES string of the molecule is CC(C)(CNC(=O)NCCCC(=O)O)c1ccc(C(F)(F)F)cc1. The molecule has 0 aliphatic carbocycles. The molecule has 2 amide bonds. The van der Waals surface area contributed by atoms with Crippen LogP contribution in [0, 0.1) is 0 Å². The summed E-state index contributed by atoms with van der Waals surface area (Å²) >= 11 is 0. The van der Waals surface area contributed by atoms with Crippen molar-refractivity contribution in [3.63, 3.8) is 0 Å². The van der Waals surface area contributed by atoms with Gasteiger partial charge in [-0.15, -0.1) is 0 Å². The van der Waals surface area contributed by atoms with E-state index in [4.69, 9.17) is 5.11 Å². The Hall–Kier alpha value is -2.25. The van der Waals surface area contributed by atoms with Crippen LogP contribution >= 0.6 is 0 Å². The van der Waals surface area contributed by atoms with Gasteiger partial charge < -0.3 is 15.7 Å². The number of hydrogen-bond acceptors (Lipinski definition) is 2. The summed E-state index contributed by atoms with van der Waals surface area (Å²) in [7, 11) is 0. The molecule has 0 aliphatic heterocycles. The molecule has 0 fully saturated rings. The number of carbonyl (C=O) groups excluding carboxylic acids is 1. The van der Waals surface area contributed by atoms with Gasteiger partial charge in [0.15, 0.2) is 0 Å². The molecule has 5 nitrogen and oxygen atoms in total. The van der Waals surface area contributed by atoms with Crippen molar-refractivity contribution in [2.75, 3.05) is 13.1 Å². The van der Waals surface area contributed by atoms with Crippen molar-refractivity contribution >= 4 is 12.0 Å². The van der Waals surface area contributed by atoms with Gasteiger partial charge in [-0.1, -0.05) is 26.0 Å². The number of carboxylic acid groups (broad SMARTS) is 1. The van der Waals surface area contributed by atoms with E-state index in [9.17, 15) is 22.8 Å². The van der Waals surface area contributed by atoms with E-state index in [0.29, 0.717) is 12.0 Å². The number of aliphatic carboxylic acids is 1. The minimum atomic E-state index is -4.38. The first kappa shape index (κ1) is 19.8. The molecule has 0 saturated heterocycles. The number of halogens is 3. The summed E-state index contributed by atoms with van der Waals surface area (Å²) in [6, 6.07) is 4.39. The van der Waals surface area contributed by atoms with Crippen molar-refractivity contribution in [3.8, 4) is 0 Å². The Kier molecular flexibility index (Phi) is 6.62. The number of rotatable bonds is 7. The number of alkyl halides is 3. The molecule has 0 bridgehead atoms. The lowest BCUT2D eigenvalue weighted by Crippen LogP contribution is -2.42. The number of amides is 2. The van der Waals surface area contributed by atoms with Crippen molar-refractivity contribution in [1.82, 2.24) is 10.6 Å². The molecule has 1 rings (SSSR count). The number of carboxylic acids is 1. The predicted molar refractivity (Wildman–Crippen MR) is 82.7 cm³/mol. The van der Waals surface area contributed by atoms with Gasteiger partial charge in [-0.3, -0.25) is 4.79 Å². The van der Waals surface area contributed by atoms with Crippen LogP contribution in [0.2, 0.25) is 0 Å². The van der Waals surface area contributed by atoms with Gasteiger partial charge in [-0.2, -0.15) is 13.2 Å². The maximum absolute atomic E-state index is 12.6. The topological polar surface area (TPSA) is 78.4 Å². The van der Waals surface area contributed by atoms with E-state index in [0.717, 1.165) is 12.1 Å². The van der Waals surface area contributed by atoms with Gasteiger partial charge in [0.25, 0.3) is 0 Å². The van der Waals surface area contributed by atoms with E-state index in [2.05, 4.69) is 10.6 Å². The second-order valence-electron chi connectivity index (χ2n) is 6.07. The first-order chi connectivity index (χ1) is 11.0. The zero-order valence-electron chi connectivity index (χ0n) is 13.5. The lowest BCUT2D eigenvalue weighted by molar-refractivity contribution is -0.138. The van der Waals surface area contributed by atoms with E-state index in [1.165, 1.54) is 12.1 Å². The highest BCUT2D eigenvalue weighted by Gasteiger charge is 2.31. The largest absolute Gasteiger partial charge is 0.481 e. The molecule has 0 saturated carbocycles. The fourth-order valence-corrected chi connectivity index (χ4v) is 2.02. The average Bonchev–Trinajstić information content (AvgIpc) is 2.49. The van der Waals surface area contributed by atoms with Crippen LogP contribution in [0.15, 0.2) is 24.3 Å². The zero-order valence-corrected chi connectivity index (χ0v) is 13.5. The summed E-state index contributed by atoms with van der Waals surface area (Å²) < 4.78 is 37.7. The third-order valence-electron chi connectivity index (χ3n) is 3.54. The van der Waals surface area contributed by atoms with Gasteiger partial charge in [0, 0.05) is 24.9 Å². The third kappa shape index (κ3) is 6.47. The maximum Gasteiger partial charge on any atom is 0.416 e. The van der Waals surface area contributed by atoms with Crippen LogP contribution in [0.4, 0.5) is 18.0 Å². The highest BCUT2D eigenvalue weighted by molar-refractivity contribution is 5.74. The third-order valence-corrected chi connectivity index (χ3v) is 3.54. The first-order valence-corrected chi connectivity index (χ1v) is 7.43. The smallest absolute Gasteiger partial charge is 0.416 e. The van der Waals surface area contributed by atoms with E-state index in [-0.39, 0.29) is 19.5 Å². The molecule has 8 heteroatoms. The number of nitrogens with one attached hydrogen (secondary N) is 2. The molecule has 0 unspecified atom stereocenters. The Morgan fingerprint density at radius 3 is 2.08 bits per heavy atom. The van der Waals surface area contributed by atoms with Gasteiger partial charge in [-0.05, 0) is 24.1 Å². The van der Waals surface area contributed by atoms with Crippen molar-refractivity contribution in [1.29, 1.82) is 0 Å². The molecule has 134 valence electrons. The molecule has 0 atom stereocenters. The lowest BCUT2D eigenvalue weighted by Gasteiger charge is -2.26. The van der Waals surface area contributed by atoms with Gasteiger partial charge in [0.2, 0.25) is 0 Å². The van der Waals surface area contributed by atoms with Crippen LogP contribution in [0.3, 0.4) is 0 Å². The quantitative estimate of drug-likeness (QED) is 0.664. The average molecular weight is 346 g/mol. The Labute approximate surface area is 138 Å². The van der Waals surface area contributed by atoms with Crippen molar-refractivity contribution in [2.24, 2.45) is 0 Å². The Morgan fingerprint density at radius 2 is 1.58 bits per heavy atom. The van der Waals surface area contributed by atoms with Crippen LogP contribution < -0.4 is 10.6 Å².